The van der Waals surface area contributed by atoms with Crippen molar-refractivity contribution in [1.82, 2.24) is 10.9 Å². The highest BCUT2D eigenvalue weighted by Gasteiger charge is 2.47. The topological polar surface area (TPSA) is 58.2 Å². The zero-order valence-electron chi connectivity index (χ0n) is 11.3. The van der Waals surface area contributed by atoms with Gasteiger partial charge < -0.3 is 0 Å². The third-order valence-electron chi connectivity index (χ3n) is 3.95. The summed E-state index contributed by atoms with van der Waals surface area (Å²) >= 11 is 0. The maximum atomic E-state index is 12.0. The molecule has 2 amide bonds. The summed E-state index contributed by atoms with van der Waals surface area (Å²) in [6, 6.07) is 0. The summed E-state index contributed by atoms with van der Waals surface area (Å²) < 4.78 is 0. The second kappa shape index (κ2) is 4.59. The molecule has 1 heterocycles. The van der Waals surface area contributed by atoms with E-state index in [1.807, 2.05) is 27.7 Å². The molecule has 1 aliphatic carbocycles. The number of rotatable bonds is 1. The molecule has 98 valence electrons. The molecule has 1 saturated heterocycles. The molecule has 0 unspecified atom stereocenters. The van der Waals surface area contributed by atoms with Gasteiger partial charge in [0.15, 0.2) is 0 Å². The van der Waals surface area contributed by atoms with E-state index in [-0.39, 0.29) is 35.5 Å². The molecule has 4 heteroatoms. The monoisotopic (exact) mass is 248 g/mol. The van der Waals surface area contributed by atoms with Crippen molar-refractivity contribution in [3.8, 4) is 0 Å². The van der Waals surface area contributed by atoms with Gasteiger partial charge in [0, 0.05) is 5.92 Å². The highest BCUT2D eigenvalue weighted by molar-refractivity contribution is 5.94. The van der Waals surface area contributed by atoms with Gasteiger partial charge in [0.2, 0.25) is 11.8 Å². The average Bonchev–Trinajstić information content (AvgIpc) is 2.28. The number of allylic oxidation sites excluding steroid dienone is 4. The Morgan fingerprint density at radius 1 is 1.17 bits per heavy atom. The van der Waals surface area contributed by atoms with Crippen LogP contribution in [0, 0.1) is 23.7 Å². The lowest BCUT2D eigenvalue weighted by molar-refractivity contribution is -0.146. The van der Waals surface area contributed by atoms with Crippen molar-refractivity contribution >= 4 is 11.8 Å². The molecular formula is C14H20N2O2. The molecule has 0 saturated carbocycles. The molecule has 0 spiro atoms. The van der Waals surface area contributed by atoms with Crippen LogP contribution >= 0.6 is 0 Å². The molecule has 4 nitrogen and oxygen atoms in total. The standard InChI is InChI=1S/C14H20N2O2/c1-7(2)5-10-6-8(3)9(4)11-12(10)14(18)16-15-13(11)17/h5-6,9-12H,1-4H3,(H,15,17)(H,16,18)/t9-,10+,11-,12-/m1/s1. The van der Waals surface area contributed by atoms with Crippen LogP contribution in [0.4, 0.5) is 0 Å². The summed E-state index contributed by atoms with van der Waals surface area (Å²) in [4.78, 5) is 24.0. The van der Waals surface area contributed by atoms with Gasteiger partial charge in [-0.25, -0.2) is 0 Å². The average molecular weight is 248 g/mol. The Balaban J connectivity index is 2.45. The Morgan fingerprint density at radius 2 is 1.72 bits per heavy atom. The number of hydrogen-bond donors (Lipinski definition) is 2. The van der Waals surface area contributed by atoms with Crippen molar-refractivity contribution in [2.75, 3.05) is 0 Å². The van der Waals surface area contributed by atoms with Crippen molar-refractivity contribution in [2.45, 2.75) is 27.7 Å². The van der Waals surface area contributed by atoms with Gasteiger partial charge in [-0.05, 0) is 26.7 Å². The van der Waals surface area contributed by atoms with Crippen molar-refractivity contribution in [3.05, 3.63) is 23.3 Å². The van der Waals surface area contributed by atoms with E-state index in [0.717, 1.165) is 5.57 Å². The quantitative estimate of drug-likeness (QED) is 0.692. The Morgan fingerprint density at radius 3 is 2.28 bits per heavy atom. The number of hydrogen-bond acceptors (Lipinski definition) is 2. The normalized spacial score (nSPS) is 35.0. The number of carbonyl (C=O) groups is 2. The van der Waals surface area contributed by atoms with Crippen molar-refractivity contribution in [3.63, 3.8) is 0 Å². The third-order valence-corrected chi connectivity index (χ3v) is 3.95. The summed E-state index contributed by atoms with van der Waals surface area (Å²) in [7, 11) is 0. The summed E-state index contributed by atoms with van der Waals surface area (Å²) in [5, 5.41) is 0. The van der Waals surface area contributed by atoms with E-state index < -0.39 is 0 Å². The van der Waals surface area contributed by atoms with E-state index in [0.29, 0.717) is 0 Å². The fraction of sp³-hybridized carbons (Fsp3) is 0.571. The number of hydrazine groups is 1. The maximum Gasteiger partial charge on any atom is 0.243 e. The minimum absolute atomic E-state index is 0.0160. The maximum absolute atomic E-state index is 12.0. The number of nitrogens with one attached hydrogen (secondary N) is 2. The van der Waals surface area contributed by atoms with E-state index in [1.165, 1.54) is 5.57 Å². The molecule has 0 aromatic rings. The van der Waals surface area contributed by atoms with Crippen LogP contribution < -0.4 is 10.9 Å². The molecule has 1 fully saturated rings. The van der Waals surface area contributed by atoms with Crippen LogP contribution in [0.15, 0.2) is 23.3 Å². The Kier molecular flexibility index (Phi) is 3.28. The van der Waals surface area contributed by atoms with Gasteiger partial charge in [-0.1, -0.05) is 30.2 Å². The molecule has 2 N–H and O–H groups in total. The van der Waals surface area contributed by atoms with Crippen molar-refractivity contribution in [1.29, 1.82) is 0 Å². The van der Waals surface area contributed by atoms with Gasteiger partial charge in [0.1, 0.15) is 0 Å². The zero-order valence-corrected chi connectivity index (χ0v) is 11.3. The first-order valence-corrected chi connectivity index (χ1v) is 6.35. The smallest absolute Gasteiger partial charge is 0.243 e. The summed E-state index contributed by atoms with van der Waals surface area (Å²) in [5.41, 5.74) is 7.29. The minimum atomic E-state index is -0.285. The van der Waals surface area contributed by atoms with Gasteiger partial charge in [-0.2, -0.15) is 0 Å². The van der Waals surface area contributed by atoms with Crippen LogP contribution in [0.5, 0.6) is 0 Å². The second-order valence-electron chi connectivity index (χ2n) is 5.55. The van der Waals surface area contributed by atoms with Gasteiger partial charge in [0.05, 0.1) is 11.8 Å². The first-order chi connectivity index (χ1) is 8.41. The Hall–Kier alpha value is -1.58. The van der Waals surface area contributed by atoms with Crippen LogP contribution in [0.2, 0.25) is 0 Å². The predicted molar refractivity (Wildman–Crippen MR) is 69.1 cm³/mol. The van der Waals surface area contributed by atoms with E-state index in [1.54, 1.807) is 0 Å². The van der Waals surface area contributed by atoms with Gasteiger partial charge in [-0.3, -0.25) is 20.4 Å². The van der Waals surface area contributed by atoms with E-state index in [9.17, 15) is 9.59 Å². The highest BCUT2D eigenvalue weighted by atomic mass is 16.2. The lowest BCUT2D eigenvalue weighted by Crippen LogP contribution is -2.60. The number of fused-ring (bicyclic) bond motifs is 1. The summed E-state index contributed by atoms with van der Waals surface area (Å²) in [6.45, 7) is 8.07. The molecule has 0 bridgehead atoms. The molecule has 1 aliphatic heterocycles. The van der Waals surface area contributed by atoms with Crippen LogP contribution in [0.3, 0.4) is 0 Å². The molecule has 0 radical (unpaired) electrons. The van der Waals surface area contributed by atoms with Crippen LogP contribution in [-0.2, 0) is 9.59 Å². The first kappa shape index (κ1) is 12.9. The van der Waals surface area contributed by atoms with Gasteiger partial charge >= 0.3 is 0 Å². The lowest BCUT2D eigenvalue weighted by Gasteiger charge is -2.41. The predicted octanol–water partition coefficient (Wildman–Crippen LogP) is 1.56. The largest absolute Gasteiger partial charge is 0.273 e. The number of amides is 2. The first-order valence-electron chi connectivity index (χ1n) is 6.35. The lowest BCUT2D eigenvalue weighted by atomic mass is 9.66. The molecule has 0 aromatic carbocycles. The van der Waals surface area contributed by atoms with E-state index in [4.69, 9.17) is 0 Å². The van der Waals surface area contributed by atoms with Gasteiger partial charge in [0.25, 0.3) is 0 Å². The Labute approximate surface area is 107 Å². The van der Waals surface area contributed by atoms with E-state index in [2.05, 4.69) is 23.0 Å². The second-order valence-corrected chi connectivity index (χ2v) is 5.55. The van der Waals surface area contributed by atoms with Crippen molar-refractivity contribution in [2.24, 2.45) is 23.7 Å². The van der Waals surface area contributed by atoms with Gasteiger partial charge in [-0.15, -0.1) is 0 Å². The SMILES string of the molecule is CC(C)=C[C@H]1C=C(C)[C@@H](C)[C@H]2C(=O)NNC(=O)[C@H]12. The molecule has 18 heavy (non-hydrogen) atoms. The molecule has 0 aromatic heterocycles. The fourth-order valence-electron chi connectivity index (χ4n) is 2.95. The van der Waals surface area contributed by atoms with Crippen LogP contribution in [-0.4, -0.2) is 11.8 Å². The van der Waals surface area contributed by atoms with E-state index >= 15 is 0 Å². The number of carbonyl (C=O) groups excluding carboxylic acids is 2. The molecule has 2 rings (SSSR count). The molecular weight excluding hydrogens is 228 g/mol. The Bertz CT molecular complexity index is 447. The van der Waals surface area contributed by atoms with Crippen molar-refractivity contribution < 1.29 is 9.59 Å². The molecule has 4 atom stereocenters. The summed E-state index contributed by atoms with van der Waals surface area (Å²) in [6.07, 6.45) is 4.20. The third kappa shape index (κ3) is 2.07. The van der Waals surface area contributed by atoms with Crippen LogP contribution in [0.25, 0.3) is 0 Å². The molecule has 2 aliphatic rings. The summed E-state index contributed by atoms with van der Waals surface area (Å²) in [5.74, 6) is -0.578. The van der Waals surface area contributed by atoms with Crippen LogP contribution in [0.1, 0.15) is 27.7 Å². The fourth-order valence-corrected chi connectivity index (χ4v) is 2.95. The highest BCUT2D eigenvalue weighted by Crippen LogP contribution is 2.40. The minimum Gasteiger partial charge on any atom is -0.273 e. The zero-order chi connectivity index (χ0) is 13.4.